The number of H-pyrrole nitrogens is 1. The molecule has 0 aliphatic heterocycles. The highest BCUT2D eigenvalue weighted by molar-refractivity contribution is 6.06. The maximum atomic E-state index is 13.5. The number of carbonyl (C=O) groups excluding carboxylic acids is 1. The molecule has 5 rings (SSSR count). The number of nitrogens with one attached hydrogen (secondary N) is 2. The second-order valence-corrected chi connectivity index (χ2v) is 7.60. The van der Waals surface area contributed by atoms with Crippen LogP contribution in [0.25, 0.3) is 33.5 Å². The van der Waals surface area contributed by atoms with Gasteiger partial charge in [-0.25, -0.2) is 19.0 Å². The van der Waals surface area contributed by atoms with Crippen molar-refractivity contribution in [3.05, 3.63) is 72.3 Å². The summed E-state index contributed by atoms with van der Waals surface area (Å²) in [4.78, 5) is 24.8. The fourth-order valence-electron chi connectivity index (χ4n) is 3.51. The van der Waals surface area contributed by atoms with E-state index in [9.17, 15) is 9.18 Å². The summed E-state index contributed by atoms with van der Waals surface area (Å²) in [5.74, 6) is -0.0267. The predicted molar refractivity (Wildman–Crippen MR) is 117 cm³/mol. The molecule has 0 aliphatic carbocycles. The maximum absolute atomic E-state index is 13.5. The lowest BCUT2D eigenvalue weighted by Gasteiger charge is -2.07. The maximum Gasteiger partial charge on any atom is 0.257 e. The van der Waals surface area contributed by atoms with E-state index in [0.717, 1.165) is 22.1 Å². The summed E-state index contributed by atoms with van der Waals surface area (Å²) in [6.45, 7) is 4.06. The van der Waals surface area contributed by atoms with Crippen LogP contribution >= 0.6 is 0 Å². The smallest absolute Gasteiger partial charge is 0.257 e. The van der Waals surface area contributed by atoms with Crippen LogP contribution in [0.5, 0.6) is 0 Å². The van der Waals surface area contributed by atoms with Crippen molar-refractivity contribution in [2.75, 3.05) is 5.32 Å². The fourth-order valence-corrected chi connectivity index (χ4v) is 3.51. The molecule has 8 heteroatoms. The molecule has 3 heterocycles. The fraction of sp³-hybridized carbons (Fsp3) is 0.130. The summed E-state index contributed by atoms with van der Waals surface area (Å²) in [6, 6.07) is 13.6. The van der Waals surface area contributed by atoms with Crippen molar-refractivity contribution in [3.8, 4) is 11.4 Å². The molecule has 0 bridgehead atoms. The van der Waals surface area contributed by atoms with Crippen LogP contribution < -0.4 is 5.32 Å². The lowest BCUT2D eigenvalue weighted by molar-refractivity contribution is 0.102. The Balaban J connectivity index is 1.41. The largest absolute Gasteiger partial charge is 0.338 e. The van der Waals surface area contributed by atoms with Crippen LogP contribution in [0.3, 0.4) is 0 Å². The van der Waals surface area contributed by atoms with Crippen LogP contribution in [0.4, 0.5) is 10.1 Å². The third-order valence-corrected chi connectivity index (χ3v) is 5.02. The first-order chi connectivity index (χ1) is 15.0. The average Bonchev–Trinajstić information content (AvgIpc) is 3.37. The number of aromatic nitrogens is 5. The molecule has 154 valence electrons. The first kappa shape index (κ1) is 18.9. The zero-order chi connectivity index (χ0) is 21.5. The number of rotatable bonds is 4. The van der Waals surface area contributed by atoms with Crippen LogP contribution in [-0.4, -0.2) is 30.6 Å². The Morgan fingerprint density at radius 3 is 2.81 bits per heavy atom. The Kier molecular flexibility index (Phi) is 4.47. The van der Waals surface area contributed by atoms with Gasteiger partial charge >= 0.3 is 0 Å². The van der Waals surface area contributed by atoms with Crippen molar-refractivity contribution in [2.24, 2.45) is 0 Å². The van der Waals surface area contributed by atoms with Crippen LogP contribution in [0, 0.1) is 5.82 Å². The molecule has 1 amide bonds. The molecule has 0 fully saturated rings. The third-order valence-electron chi connectivity index (χ3n) is 5.02. The second kappa shape index (κ2) is 7.32. The number of halogens is 1. The molecule has 31 heavy (non-hydrogen) atoms. The summed E-state index contributed by atoms with van der Waals surface area (Å²) in [5, 5.41) is 8.03. The molecule has 0 saturated heterocycles. The van der Waals surface area contributed by atoms with Gasteiger partial charge in [-0.3, -0.25) is 4.79 Å². The van der Waals surface area contributed by atoms with Gasteiger partial charge in [-0.05, 0) is 50.2 Å². The molecule has 5 aromatic rings. The van der Waals surface area contributed by atoms with Crippen molar-refractivity contribution >= 4 is 33.7 Å². The van der Waals surface area contributed by atoms with Crippen molar-refractivity contribution in [3.63, 3.8) is 0 Å². The minimum Gasteiger partial charge on any atom is -0.338 e. The summed E-state index contributed by atoms with van der Waals surface area (Å²) < 4.78 is 15.3. The van der Waals surface area contributed by atoms with Gasteiger partial charge in [-0.2, -0.15) is 5.10 Å². The summed E-state index contributed by atoms with van der Waals surface area (Å²) in [5.41, 5.74) is 3.93. The quantitative estimate of drug-likeness (QED) is 0.436. The molecule has 0 aliphatic rings. The number of pyridine rings is 1. The number of aromatic amines is 1. The molecule has 0 radical (unpaired) electrons. The van der Waals surface area contributed by atoms with Crippen molar-refractivity contribution in [1.82, 2.24) is 24.7 Å². The molecule has 0 unspecified atom stereocenters. The Bertz CT molecular complexity index is 1430. The van der Waals surface area contributed by atoms with Gasteiger partial charge in [-0.1, -0.05) is 12.1 Å². The molecule has 0 spiro atoms. The Morgan fingerprint density at radius 1 is 1.13 bits per heavy atom. The molecule has 2 aromatic carbocycles. The summed E-state index contributed by atoms with van der Waals surface area (Å²) in [7, 11) is 0. The minimum absolute atomic E-state index is 0.183. The zero-order valence-electron chi connectivity index (χ0n) is 16.9. The van der Waals surface area contributed by atoms with Crippen molar-refractivity contribution < 1.29 is 9.18 Å². The van der Waals surface area contributed by atoms with E-state index in [2.05, 4.69) is 25.4 Å². The van der Waals surface area contributed by atoms with E-state index in [4.69, 9.17) is 0 Å². The SMILES string of the molecule is CC(C)n1ncc2cc(C(=O)Nc3ccc4nc(-c5cccc(F)c5)[nH]c4c3)cnc21. The van der Waals surface area contributed by atoms with Crippen molar-refractivity contribution in [1.29, 1.82) is 0 Å². The highest BCUT2D eigenvalue weighted by atomic mass is 19.1. The molecule has 3 aromatic heterocycles. The molecular weight excluding hydrogens is 395 g/mol. The number of fused-ring (bicyclic) bond motifs is 2. The van der Waals surface area contributed by atoms with Crippen LogP contribution in [0.15, 0.2) is 60.9 Å². The lowest BCUT2D eigenvalue weighted by Crippen LogP contribution is -2.12. The molecule has 0 atom stereocenters. The lowest BCUT2D eigenvalue weighted by atomic mass is 10.2. The first-order valence-corrected chi connectivity index (χ1v) is 9.88. The van der Waals surface area contributed by atoms with Gasteiger partial charge in [0.1, 0.15) is 11.6 Å². The number of anilines is 1. The van der Waals surface area contributed by atoms with E-state index in [-0.39, 0.29) is 17.8 Å². The number of hydrogen-bond donors (Lipinski definition) is 2. The number of imidazole rings is 1. The zero-order valence-corrected chi connectivity index (χ0v) is 16.9. The van der Waals surface area contributed by atoms with E-state index in [0.29, 0.717) is 22.6 Å². The van der Waals surface area contributed by atoms with Crippen LogP contribution in [-0.2, 0) is 0 Å². The molecule has 7 nitrogen and oxygen atoms in total. The topological polar surface area (TPSA) is 88.5 Å². The number of nitrogens with zero attached hydrogens (tertiary/aromatic N) is 4. The molecule has 2 N–H and O–H groups in total. The van der Waals surface area contributed by atoms with Gasteiger partial charge < -0.3 is 10.3 Å². The van der Waals surface area contributed by atoms with Crippen LogP contribution in [0.1, 0.15) is 30.2 Å². The highest BCUT2D eigenvalue weighted by Crippen LogP contribution is 2.24. The van der Waals surface area contributed by atoms with E-state index in [1.54, 1.807) is 48.8 Å². The standard InChI is InChI=1S/C23H19FN6O/c1-13(2)30-22-15(12-26-30)8-16(11-25-22)23(31)27-18-6-7-19-20(10-18)29-21(28-19)14-4-3-5-17(24)9-14/h3-13H,1-2H3,(H,27,31)(H,28,29). The van der Waals surface area contributed by atoms with Gasteiger partial charge in [0, 0.05) is 28.9 Å². The number of amides is 1. The Morgan fingerprint density at radius 2 is 2.00 bits per heavy atom. The van der Waals surface area contributed by atoms with Gasteiger partial charge in [0.15, 0.2) is 5.65 Å². The Labute approximate surface area is 177 Å². The number of benzene rings is 2. The molecule has 0 saturated carbocycles. The monoisotopic (exact) mass is 414 g/mol. The van der Waals surface area contributed by atoms with Gasteiger partial charge in [0.25, 0.3) is 5.91 Å². The average molecular weight is 414 g/mol. The summed E-state index contributed by atoms with van der Waals surface area (Å²) in [6.07, 6.45) is 3.26. The van der Waals surface area contributed by atoms with E-state index >= 15 is 0 Å². The van der Waals surface area contributed by atoms with Gasteiger partial charge in [0.2, 0.25) is 0 Å². The first-order valence-electron chi connectivity index (χ1n) is 9.88. The van der Waals surface area contributed by atoms with E-state index in [1.807, 2.05) is 18.5 Å². The Hall–Kier alpha value is -4.07. The highest BCUT2D eigenvalue weighted by Gasteiger charge is 2.13. The van der Waals surface area contributed by atoms with Gasteiger partial charge in [-0.15, -0.1) is 0 Å². The van der Waals surface area contributed by atoms with E-state index < -0.39 is 0 Å². The van der Waals surface area contributed by atoms with Crippen molar-refractivity contribution in [2.45, 2.75) is 19.9 Å². The normalized spacial score (nSPS) is 11.5. The van der Waals surface area contributed by atoms with Gasteiger partial charge in [0.05, 0.1) is 22.8 Å². The predicted octanol–water partition coefficient (Wildman–Crippen LogP) is 4.95. The molecular formula is C23H19FN6O. The van der Waals surface area contributed by atoms with Crippen LogP contribution in [0.2, 0.25) is 0 Å². The second-order valence-electron chi connectivity index (χ2n) is 7.60. The summed E-state index contributed by atoms with van der Waals surface area (Å²) >= 11 is 0. The number of carbonyl (C=O) groups is 1. The third kappa shape index (κ3) is 3.52. The van der Waals surface area contributed by atoms with E-state index in [1.165, 1.54) is 12.1 Å². The minimum atomic E-state index is -0.324. The number of hydrogen-bond acceptors (Lipinski definition) is 4.